The molecule has 0 aromatic heterocycles. The summed E-state index contributed by atoms with van der Waals surface area (Å²) in [4.78, 5) is 2.51. The second kappa shape index (κ2) is 6.46. The molecule has 4 nitrogen and oxygen atoms in total. The van der Waals surface area contributed by atoms with Crippen molar-refractivity contribution in [2.24, 2.45) is 0 Å². The molecule has 1 saturated heterocycles. The van der Waals surface area contributed by atoms with E-state index in [4.69, 9.17) is 9.47 Å². The zero-order valence-electron chi connectivity index (χ0n) is 12.2. The number of nitrogens with one attached hydrogen (secondary N) is 1. The molecule has 1 aliphatic heterocycles. The van der Waals surface area contributed by atoms with Gasteiger partial charge in [-0.1, -0.05) is 6.07 Å². The lowest BCUT2D eigenvalue weighted by Gasteiger charge is -2.27. The van der Waals surface area contributed by atoms with Gasteiger partial charge < -0.3 is 19.7 Å². The molecule has 110 valence electrons. The van der Waals surface area contributed by atoms with Gasteiger partial charge in [0.15, 0.2) is 11.5 Å². The molecule has 0 amide bonds. The van der Waals surface area contributed by atoms with Crippen LogP contribution in [-0.4, -0.2) is 50.8 Å². The van der Waals surface area contributed by atoms with Crippen LogP contribution in [0.4, 0.5) is 0 Å². The minimum Gasteiger partial charge on any atom is -0.493 e. The average molecular weight is 276 g/mol. The summed E-state index contributed by atoms with van der Waals surface area (Å²) >= 11 is 0. The summed E-state index contributed by atoms with van der Waals surface area (Å²) in [6.07, 6.45) is 3.83. The lowest BCUT2D eigenvalue weighted by atomic mass is 10.1. The van der Waals surface area contributed by atoms with Gasteiger partial charge in [-0.15, -0.1) is 0 Å². The third-order valence-electron chi connectivity index (χ3n) is 3.97. The summed E-state index contributed by atoms with van der Waals surface area (Å²) in [6, 6.07) is 6.35. The Morgan fingerprint density at radius 2 is 2.00 bits per heavy atom. The summed E-state index contributed by atoms with van der Waals surface area (Å²) in [6.45, 7) is 5.64. The molecular weight excluding hydrogens is 252 g/mol. The predicted molar refractivity (Wildman–Crippen MR) is 79.7 cm³/mol. The average Bonchev–Trinajstić information content (AvgIpc) is 3.31. The van der Waals surface area contributed by atoms with Crippen molar-refractivity contribution in [1.82, 2.24) is 10.2 Å². The molecule has 20 heavy (non-hydrogen) atoms. The van der Waals surface area contributed by atoms with Crippen molar-refractivity contribution in [3.05, 3.63) is 23.8 Å². The Hall–Kier alpha value is -1.26. The highest BCUT2D eigenvalue weighted by Gasteiger charge is 2.24. The van der Waals surface area contributed by atoms with Gasteiger partial charge in [0.05, 0.1) is 13.2 Å². The zero-order chi connectivity index (χ0) is 13.8. The smallest absolute Gasteiger partial charge is 0.161 e. The third kappa shape index (κ3) is 3.64. The van der Waals surface area contributed by atoms with Gasteiger partial charge >= 0.3 is 0 Å². The van der Waals surface area contributed by atoms with Crippen molar-refractivity contribution in [2.45, 2.75) is 25.4 Å². The first kappa shape index (κ1) is 13.7. The standard InChI is InChI=1S/C16H24N2O2/c1-19-16-12-13(2-5-15(16)20-14-3-4-14)6-9-18-10-7-17-8-11-18/h2,5,12,14,17H,3-4,6-11H2,1H3. The molecule has 1 aliphatic carbocycles. The summed E-state index contributed by atoms with van der Waals surface area (Å²) in [5, 5.41) is 3.38. The Balaban J connectivity index is 1.57. The third-order valence-corrected chi connectivity index (χ3v) is 3.97. The van der Waals surface area contributed by atoms with Crippen LogP contribution in [0, 0.1) is 0 Å². The number of ether oxygens (including phenoxy) is 2. The normalized spacial score (nSPS) is 19.9. The Morgan fingerprint density at radius 1 is 1.20 bits per heavy atom. The van der Waals surface area contributed by atoms with Gasteiger partial charge in [-0.05, 0) is 37.0 Å². The summed E-state index contributed by atoms with van der Waals surface area (Å²) in [5.41, 5.74) is 1.32. The fourth-order valence-electron chi connectivity index (χ4n) is 2.55. The van der Waals surface area contributed by atoms with Gasteiger partial charge in [-0.3, -0.25) is 0 Å². The van der Waals surface area contributed by atoms with Crippen LogP contribution in [0.3, 0.4) is 0 Å². The Bertz CT molecular complexity index is 440. The molecule has 1 N–H and O–H groups in total. The molecule has 4 heteroatoms. The number of hydrogen-bond donors (Lipinski definition) is 1. The van der Waals surface area contributed by atoms with E-state index < -0.39 is 0 Å². The topological polar surface area (TPSA) is 33.7 Å². The van der Waals surface area contributed by atoms with Gasteiger partial charge in [0.25, 0.3) is 0 Å². The Kier molecular flexibility index (Phi) is 4.43. The van der Waals surface area contributed by atoms with Crippen molar-refractivity contribution in [3.63, 3.8) is 0 Å². The molecule has 0 bridgehead atoms. The van der Waals surface area contributed by atoms with E-state index in [0.717, 1.165) is 50.6 Å². The minimum absolute atomic E-state index is 0.413. The van der Waals surface area contributed by atoms with Crippen LogP contribution in [-0.2, 0) is 6.42 Å². The van der Waals surface area contributed by atoms with E-state index in [9.17, 15) is 0 Å². The second-order valence-corrected chi connectivity index (χ2v) is 5.64. The van der Waals surface area contributed by atoms with Crippen LogP contribution in [0.1, 0.15) is 18.4 Å². The van der Waals surface area contributed by atoms with Gasteiger partial charge in [-0.2, -0.15) is 0 Å². The predicted octanol–water partition coefficient (Wildman–Crippen LogP) is 1.68. The van der Waals surface area contributed by atoms with Gasteiger partial charge in [-0.25, -0.2) is 0 Å². The highest BCUT2D eigenvalue weighted by Crippen LogP contribution is 2.34. The maximum atomic E-state index is 5.85. The molecule has 1 aromatic carbocycles. The van der Waals surface area contributed by atoms with Crippen molar-refractivity contribution >= 4 is 0 Å². The molecule has 2 fully saturated rings. The summed E-state index contributed by atoms with van der Waals surface area (Å²) < 4.78 is 11.3. The first-order chi connectivity index (χ1) is 9.85. The van der Waals surface area contributed by atoms with E-state index in [1.165, 1.54) is 18.4 Å². The quantitative estimate of drug-likeness (QED) is 0.857. The van der Waals surface area contributed by atoms with Gasteiger partial charge in [0.1, 0.15) is 0 Å². The van der Waals surface area contributed by atoms with Crippen LogP contribution in [0.2, 0.25) is 0 Å². The first-order valence-electron chi connectivity index (χ1n) is 7.62. The number of rotatable bonds is 6. The molecule has 1 saturated carbocycles. The molecule has 2 aliphatic rings. The van der Waals surface area contributed by atoms with Crippen LogP contribution in [0.5, 0.6) is 11.5 Å². The van der Waals surface area contributed by atoms with E-state index in [1.54, 1.807) is 7.11 Å². The maximum Gasteiger partial charge on any atom is 0.161 e. The molecule has 1 aromatic rings. The molecule has 0 radical (unpaired) electrons. The Morgan fingerprint density at radius 3 is 2.70 bits per heavy atom. The fourth-order valence-corrected chi connectivity index (χ4v) is 2.55. The number of nitrogens with zero attached hydrogens (tertiary/aromatic N) is 1. The largest absolute Gasteiger partial charge is 0.493 e. The molecule has 0 spiro atoms. The highest BCUT2D eigenvalue weighted by atomic mass is 16.5. The van der Waals surface area contributed by atoms with E-state index in [-0.39, 0.29) is 0 Å². The first-order valence-corrected chi connectivity index (χ1v) is 7.62. The lowest BCUT2D eigenvalue weighted by Crippen LogP contribution is -2.44. The molecular formula is C16H24N2O2. The van der Waals surface area contributed by atoms with Crippen LogP contribution in [0.25, 0.3) is 0 Å². The van der Waals surface area contributed by atoms with E-state index in [2.05, 4.69) is 28.4 Å². The lowest BCUT2D eigenvalue weighted by molar-refractivity contribution is 0.243. The number of hydrogen-bond acceptors (Lipinski definition) is 4. The van der Waals surface area contributed by atoms with Crippen molar-refractivity contribution in [1.29, 1.82) is 0 Å². The summed E-state index contributed by atoms with van der Waals surface area (Å²) in [5.74, 6) is 1.76. The number of benzene rings is 1. The van der Waals surface area contributed by atoms with E-state index in [1.807, 2.05) is 0 Å². The van der Waals surface area contributed by atoms with Crippen LogP contribution >= 0.6 is 0 Å². The SMILES string of the molecule is COc1cc(CCN2CCNCC2)ccc1OC1CC1. The minimum atomic E-state index is 0.413. The molecule has 0 atom stereocenters. The van der Waals surface area contributed by atoms with Crippen molar-refractivity contribution < 1.29 is 9.47 Å². The van der Waals surface area contributed by atoms with Gasteiger partial charge in [0.2, 0.25) is 0 Å². The van der Waals surface area contributed by atoms with Crippen molar-refractivity contribution in [3.8, 4) is 11.5 Å². The maximum absolute atomic E-state index is 5.85. The molecule has 0 unspecified atom stereocenters. The fraction of sp³-hybridized carbons (Fsp3) is 0.625. The molecule has 3 rings (SSSR count). The highest BCUT2D eigenvalue weighted by molar-refractivity contribution is 5.43. The second-order valence-electron chi connectivity index (χ2n) is 5.64. The number of methoxy groups -OCH3 is 1. The van der Waals surface area contributed by atoms with Crippen LogP contribution < -0.4 is 14.8 Å². The Labute approximate surface area is 121 Å². The van der Waals surface area contributed by atoms with Crippen molar-refractivity contribution in [2.75, 3.05) is 39.8 Å². The van der Waals surface area contributed by atoms with E-state index in [0.29, 0.717) is 6.10 Å². The van der Waals surface area contributed by atoms with Crippen LogP contribution in [0.15, 0.2) is 18.2 Å². The molecule has 1 heterocycles. The number of piperazine rings is 1. The summed E-state index contributed by atoms with van der Waals surface area (Å²) in [7, 11) is 1.72. The van der Waals surface area contributed by atoms with Gasteiger partial charge in [0, 0.05) is 32.7 Å². The monoisotopic (exact) mass is 276 g/mol. The van der Waals surface area contributed by atoms with E-state index >= 15 is 0 Å². The zero-order valence-corrected chi connectivity index (χ0v) is 12.2.